The van der Waals surface area contributed by atoms with Crippen molar-refractivity contribution in [1.29, 1.82) is 0 Å². The van der Waals surface area contributed by atoms with Gasteiger partial charge in [0, 0.05) is 0 Å². The van der Waals surface area contributed by atoms with Gasteiger partial charge in [0.1, 0.15) is 0 Å². The zero-order chi connectivity index (χ0) is 6.69. The fourth-order valence-electron chi connectivity index (χ4n) is 1.19. The van der Waals surface area contributed by atoms with Crippen LogP contribution >= 0.6 is 0 Å². The topological polar surface area (TPSA) is 0 Å². The van der Waals surface area contributed by atoms with Gasteiger partial charge in [-0.1, -0.05) is 33.1 Å². The van der Waals surface area contributed by atoms with Gasteiger partial charge in [0.2, 0.25) is 0 Å². The van der Waals surface area contributed by atoms with Gasteiger partial charge in [-0.2, -0.15) is 0 Å². The third-order valence-corrected chi connectivity index (χ3v) is 2.17. The van der Waals surface area contributed by atoms with Gasteiger partial charge in [0.05, 0.1) is 0 Å². The first-order valence-electron chi connectivity index (χ1n) is 4.12. The maximum absolute atomic E-state index is 2.45. The van der Waals surface area contributed by atoms with E-state index in [0.717, 1.165) is 11.8 Å². The van der Waals surface area contributed by atoms with Crippen LogP contribution in [0.5, 0.6) is 0 Å². The molecule has 1 aliphatic rings. The highest BCUT2D eigenvalue weighted by molar-refractivity contribution is 4.78. The fraction of sp³-hybridized carbons (Fsp3) is 0.889. The van der Waals surface area contributed by atoms with E-state index in [4.69, 9.17) is 0 Å². The molecule has 0 aliphatic heterocycles. The van der Waals surface area contributed by atoms with Crippen LogP contribution in [0.2, 0.25) is 0 Å². The molecule has 9 heavy (non-hydrogen) atoms. The highest BCUT2D eigenvalue weighted by Gasteiger charge is 2.16. The Bertz CT molecular complexity index is 70.1. The van der Waals surface area contributed by atoms with Crippen LogP contribution in [0.4, 0.5) is 0 Å². The average molecular weight is 125 g/mol. The standard InChI is InChI=1S/C9H17/c1-8(2)6-7-9-4-3-5-9/h6,8-9H,3-5,7H2,1-2H3. The minimum Gasteiger partial charge on any atom is -0.0625 e. The Kier molecular flexibility index (Phi) is 2.56. The third-order valence-electron chi connectivity index (χ3n) is 2.17. The Balaban J connectivity index is 1.91. The first-order valence-corrected chi connectivity index (χ1v) is 4.12. The lowest BCUT2D eigenvalue weighted by molar-refractivity contribution is 0.305. The zero-order valence-electron chi connectivity index (χ0n) is 6.56. The van der Waals surface area contributed by atoms with Crippen LogP contribution in [0.15, 0.2) is 0 Å². The van der Waals surface area contributed by atoms with Gasteiger partial charge in [-0.25, -0.2) is 0 Å². The van der Waals surface area contributed by atoms with Crippen molar-refractivity contribution < 1.29 is 0 Å². The molecule has 0 atom stereocenters. The number of hydrogen-bond donors (Lipinski definition) is 0. The molecule has 0 heterocycles. The molecule has 1 radical (unpaired) electrons. The third kappa shape index (κ3) is 2.38. The summed E-state index contributed by atoms with van der Waals surface area (Å²) in [5.74, 6) is 1.86. The molecule has 0 heteroatoms. The summed E-state index contributed by atoms with van der Waals surface area (Å²) in [5.41, 5.74) is 0. The van der Waals surface area contributed by atoms with E-state index in [-0.39, 0.29) is 0 Å². The smallest absolute Gasteiger partial charge is 0.0358 e. The molecule has 1 rings (SSSR count). The van der Waals surface area contributed by atoms with Crippen molar-refractivity contribution in [2.24, 2.45) is 11.8 Å². The van der Waals surface area contributed by atoms with E-state index < -0.39 is 0 Å². The molecule has 0 amide bonds. The van der Waals surface area contributed by atoms with Gasteiger partial charge < -0.3 is 0 Å². The summed E-state index contributed by atoms with van der Waals surface area (Å²) in [6, 6.07) is 0. The summed E-state index contributed by atoms with van der Waals surface area (Å²) in [6.07, 6.45) is 8.28. The Morgan fingerprint density at radius 3 is 2.44 bits per heavy atom. The molecule has 0 aromatic rings. The minimum absolute atomic E-state index is 0.797. The first kappa shape index (κ1) is 7.11. The van der Waals surface area contributed by atoms with Crippen LogP contribution in [-0.4, -0.2) is 0 Å². The van der Waals surface area contributed by atoms with Crippen LogP contribution in [0, 0.1) is 18.3 Å². The molecule has 0 saturated heterocycles. The molecule has 53 valence electrons. The van der Waals surface area contributed by atoms with Crippen LogP contribution in [-0.2, 0) is 0 Å². The van der Waals surface area contributed by atoms with Crippen LogP contribution in [0.25, 0.3) is 0 Å². The highest BCUT2D eigenvalue weighted by atomic mass is 14.2. The van der Waals surface area contributed by atoms with Crippen molar-refractivity contribution in [1.82, 2.24) is 0 Å². The van der Waals surface area contributed by atoms with Crippen molar-refractivity contribution in [2.75, 3.05) is 0 Å². The Labute approximate surface area is 58.7 Å². The quantitative estimate of drug-likeness (QED) is 0.544. The van der Waals surface area contributed by atoms with Crippen LogP contribution < -0.4 is 0 Å². The molecule has 0 aromatic carbocycles. The van der Waals surface area contributed by atoms with E-state index in [1.807, 2.05) is 0 Å². The predicted molar refractivity (Wildman–Crippen MR) is 41.1 cm³/mol. The van der Waals surface area contributed by atoms with Gasteiger partial charge in [-0.05, 0) is 24.7 Å². The Morgan fingerprint density at radius 2 is 2.11 bits per heavy atom. The van der Waals surface area contributed by atoms with E-state index in [1.54, 1.807) is 0 Å². The summed E-state index contributed by atoms with van der Waals surface area (Å²) in [7, 11) is 0. The van der Waals surface area contributed by atoms with E-state index in [0.29, 0.717) is 0 Å². The Morgan fingerprint density at radius 1 is 1.44 bits per heavy atom. The zero-order valence-corrected chi connectivity index (χ0v) is 6.56. The van der Waals surface area contributed by atoms with Crippen molar-refractivity contribution in [3.05, 3.63) is 6.42 Å². The molecular formula is C9H17. The van der Waals surface area contributed by atoms with Crippen LogP contribution in [0.1, 0.15) is 39.5 Å². The van der Waals surface area contributed by atoms with Crippen molar-refractivity contribution in [3.63, 3.8) is 0 Å². The van der Waals surface area contributed by atoms with Crippen molar-refractivity contribution in [3.8, 4) is 0 Å². The summed E-state index contributed by atoms with van der Waals surface area (Å²) < 4.78 is 0. The lowest BCUT2D eigenvalue weighted by atomic mass is 9.81. The predicted octanol–water partition coefficient (Wildman–Crippen LogP) is 3.04. The monoisotopic (exact) mass is 125 g/mol. The lowest BCUT2D eigenvalue weighted by Crippen LogP contribution is -2.11. The van der Waals surface area contributed by atoms with Gasteiger partial charge >= 0.3 is 0 Å². The maximum Gasteiger partial charge on any atom is -0.0358 e. The van der Waals surface area contributed by atoms with E-state index in [2.05, 4.69) is 20.3 Å². The molecule has 1 fully saturated rings. The SMILES string of the molecule is CC(C)[CH]CC1CCC1. The molecule has 0 nitrogen and oxygen atoms in total. The number of rotatable bonds is 3. The largest absolute Gasteiger partial charge is 0.0625 e. The van der Waals surface area contributed by atoms with Gasteiger partial charge in [0.15, 0.2) is 0 Å². The second-order valence-electron chi connectivity index (χ2n) is 3.51. The molecule has 0 spiro atoms. The lowest BCUT2D eigenvalue weighted by Gasteiger charge is -2.25. The first-order chi connectivity index (χ1) is 4.29. The van der Waals surface area contributed by atoms with Crippen molar-refractivity contribution >= 4 is 0 Å². The summed E-state index contributed by atoms with van der Waals surface area (Å²) in [5, 5.41) is 0. The van der Waals surface area contributed by atoms with Crippen LogP contribution in [0.3, 0.4) is 0 Å². The second-order valence-corrected chi connectivity index (χ2v) is 3.51. The minimum atomic E-state index is 0.797. The summed E-state index contributed by atoms with van der Waals surface area (Å²) in [4.78, 5) is 0. The highest BCUT2D eigenvalue weighted by Crippen LogP contribution is 2.30. The molecule has 1 saturated carbocycles. The average Bonchev–Trinajstić information content (AvgIpc) is 1.60. The van der Waals surface area contributed by atoms with Crippen molar-refractivity contribution in [2.45, 2.75) is 39.5 Å². The number of hydrogen-bond acceptors (Lipinski definition) is 0. The van der Waals surface area contributed by atoms with E-state index in [1.165, 1.54) is 25.7 Å². The molecular weight excluding hydrogens is 108 g/mol. The maximum atomic E-state index is 2.45. The fourth-order valence-corrected chi connectivity index (χ4v) is 1.19. The Hall–Kier alpha value is 0. The van der Waals surface area contributed by atoms with E-state index in [9.17, 15) is 0 Å². The second kappa shape index (κ2) is 3.24. The van der Waals surface area contributed by atoms with Gasteiger partial charge in [-0.3, -0.25) is 0 Å². The molecule has 0 unspecified atom stereocenters. The summed E-state index contributed by atoms with van der Waals surface area (Å²) >= 11 is 0. The molecule has 0 N–H and O–H groups in total. The van der Waals surface area contributed by atoms with E-state index >= 15 is 0 Å². The molecule has 0 aromatic heterocycles. The van der Waals surface area contributed by atoms with Gasteiger partial charge in [0.25, 0.3) is 0 Å². The normalized spacial score (nSPS) is 20.3. The molecule has 0 bridgehead atoms. The molecule has 1 aliphatic carbocycles. The summed E-state index contributed by atoms with van der Waals surface area (Å²) in [6.45, 7) is 4.53. The van der Waals surface area contributed by atoms with Gasteiger partial charge in [-0.15, -0.1) is 0 Å².